The van der Waals surface area contributed by atoms with Crippen molar-refractivity contribution in [1.29, 1.82) is 0 Å². The first-order chi connectivity index (χ1) is 13.8. The Morgan fingerprint density at radius 3 is 2.41 bits per heavy atom. The molecule has 7 heteroatoms. The number of para-hydroxylation sites is 1. The van der Waals surface area contributed by atoms with Crippen molar-refractivity contribution in [1.82, 2.24) is 9.62 Å². The third kappa shape index (κ3) is 4.58. The molecule has 1 N–H and O–H groups in total. The second-order valence-electron chi connectivity index (χ2n) is 6.80. The van der Waals surface area contributed by atoms with Gasteiger partial charge in [0.2, 0.25) is 15.9 Å². The molecule has 0 aliphatic carbocycles. The van der Waals surface area contributed by atoms with E-state index in [1.165, 1.54) is 7.05 Å². The van der Waals surface area contributed by atoms with E-state index in [0.29, 0.717) is 5.75 Å². The number of nitrogens with zero attached hydrogens (tertiary/aromatic N) is 1. The molecule has 0 aliphatic heterocycles. The van der Waals surface area contributed by atoms with Crippen LogP contribution in [0.1, 0.15) is 18.5 Å². The van der Waals surface area contributed by atoms with Gasteiger partial charge in [0.25, 0.3) is 0 Å². The van der Waals surface area contributed by atoms with Gasteiger partial charge in [-0.25, -0.2) is 8.42 Å². The van der Waals surface area contributed by atoms with Crippen molar-refractivity contribution < 1.29 is 17.9 Å². The fourth-order valence-electron chi connectivity index (χ4n) is 3.18. The normalized spacial score (nSPS) is 12.7. The number of amides is 1. The number of ether oxygens (including phenoxy) is 1. The van der Waals surface area contributed by atoms with Gasteiger partial charge in [-0.15, -0.1) is 0 Å². The number of carbonyl (C=O) groups is 1. The van der Waals surface area contributed by atoms with Crippen LogP contribution in [0.2, 0.25) is 0 Å². The van der Waals surface area contributed by atoms with Gasteiger partial charge in [0.05, 0.1) is 24.6 Å². The Morgan fingerprint density at radius 2 is 1.69 bits per heavy atom. The Hall–Kier alpha value is -2.90. The van der Waals surface area contributed by atoms with Crippen LogP contribution in [0.15, 0.2) is 71.6 Å². The van der Waals surface area contributed by atoms with Gasteiger partial charge in [-0.3, -0.25) is 4.79 Å². The van der Waals surface area contributed by atoms with Crippen molar-refractivity contribution >= 4 is 26.7 Å². The van der Waals surface area contributed by atoms with Gasteiger partial charge in [-0.2, -0.15) is 4.31 Å². The fourth-order valence-corrected chi connectivity index (χ4v) is 4.35. The standard InChI is InChI=1S/C22H24N2O4S/c1-16(20-10-6-7-11-21(20)28-3)23-22(25)15-24(2)29(26,27)19-13-12-17-8-4-5-9-18(17)14-19/h4-14,16H,15H2,1-3H3,(H,23,25)/t16-/m1/s1. The zero-order chi connectivity index (χ0) is 21.0. The van der Waals surface area contributed by atoms with Crippen LogP contribution in [0.3, 0.4) is 0 Å². The molecule has 29 heavy (non-hydrogen) atoms. The molecule has 0 spiro atoms. The number of rotatable bonds is 7. The molecule has 1 atom stereocenters. The highest BCUT2D eigenvalue weighted by molar-refractivity contribution is 7.89. The van der Waals surface area contributed by atoms with Gasteiger partial charge in [0.15, 0.2) is 0 Å². The quantitative estimate of drug-likeness (QED) is 0.646. The molecular weight excluding hydrogens is 388 g/mol. The van der Waals surface area contributed by atoms with Gasteiger partial charge in [0.1, 0.15) is 5.75 Å². The minimum Gasteiger partial charge on any atom is -0.496 e. The largest absolute Gasteiger partial charge is 0.496 e. The summed E-state index contributed by atoms with van der Waals surface area (Å²) in [6.07, 6.45) is 0. The Balaban J connectivity index is 1.72. The van der Waals surface area contributed by atoms with E-state index < -0.39 is 15.9 Å². The lowest BCUT2D eigenvalue weighted by Gasteiger charge is -2.20. The third-order valence-corrected chi connectivity index (χ3v) is 6.58. The fraction of sp³-hybridized carbons (Fsp3) is 0.227. The number of nitrogens with one attached hydrogen (secondary N) is 1. The van der Waals surface area contributed by atoms with Crippen LogP contribution in [0.5, 0.6) is 5.75 Å². The number of likely N-dealkylation sites (N-methyl/N-ethyl adjacent to an activating group) is 1. The summed E-state index contributed by atoms with van der Waals surface area (Å²) >= 11 is 0. The van der Waals surface area contributed by atoms with E-state index in [0.717, 1.165) is 20.6 Å². The van der Waals surface area contributed by atoms with Crippen LogP contribution in [0.4, 0.5) is 0 Å². The van der Waals surface area contributed by atoms with Gasteiger partial charge in [-0.1, -0.05) is 48.5 Å². The van der Waals surface area contributed by atoms with Crippen LogP contribution in [-0.4, -0.2) is 39.3 Å². The topological polar surface area (TPSA) is 75.7 Å². The molecule has 6 nitrogen and oxygen atoms in total. The minimum absolute atomic E-state index is 0.157. The lowest BCUT2D eigenvalue weighted by atomic mass is 10.1. The Labute approximate surface area is 171 Å². The van der Waals surface area contributed by atoms with Crippen molar-refractivity contribution in [2.75, 3.05) is 20.7 Å². The SMILES string of the molecule is COc1ccccc1[C@@H](C)NC(=O)CN(C)S(=O)(=O)c1ccc2ccccc2c1. The maximum absolute atomic E-state index is 12.9. The van der Waals surface area contributed by atoms with Crippen molar-refractivity contribution in [2.24, 2.45) is 0 Å². The molecule has 0 heterocycles. The molecule has 3 aromatic carbocycles. The van der Waals surface area contributed by atoms with E-state index >= 15 is 0 Å². The van der Waals surface area contributed by atoms with Crippen molar-refractivity contribution in [3.8, 4) is 5.75 Å². The average molecular weight is 413 g/mol. The third-order valence-electron chi connectivity index (χ3n) is 4.78. The number of fused-ring (bicyclic) bond motifs is 1. The molecule has 0 aromatic heterocycles. The van der Waals surface area contributed by atoms with Gasteiger partial charge in [-0.05, 0) is 35.9 Å². The number of sulfonamides is 1. The second kappa shape index (κ2) is 8.63. The Kier molecular flexibility index (Phi) is 6.20. The second-order valence-corrected chi connectivity index (χ2v) is 8.85. The lowest BCUT2D eigenvalue weighted by molar-refractivity contribution is -0.121. The molecule has 0 aliphatic rings. The highest BCUT2D eigenvalue weighted by Gasteiger charge is 2.24. The average Bonchev–Trinajstić information content (AvgIpc) is 2.73. The number of hydrogen-bond donors (Lipinski definition) is 1. The van der Waals surface area contributed by atoms with Crippen molar-refractivity contribution in [2.45, 2.75) is 17.9 Å². The first kappa shape index (κ1) is 20.8. The van der Waals surface area contributed by atoms with E-state index in [-0.39, 0.29) is 17.5 Å². The molecule has 0 unspecified atom stereocenters. The number of carbonyl (C=O) groups excluding carboxylic acids is 1. The van der Waals surface area contributed by atoms with Crippen LogP contribution < -0.4 is 10.1 Å². The molecule has 0 saturated heterocycles. The molecule has 1 amide bonds. The first-order valence-corrected chi connectivity index (χ1v) is 10.6. The maximum Gasteiger partial charge on any atom is 0.243 e. The van der Waals surface area contributed by atoms with Crippen LogP contribution >= 0.6 is 0 Å². The zero-order valence-electron chi connectivity index (χ0n) is 16.6. The Morgan fingerprint density at radius 1 is 1.03 bits per heavy atom. The molecule has 0 bridgehead atoms. The minimum atomic E-state index is -3.79. The summed E-state index contributed by atoms with van der Waals surface area (Å²) in [4.78, 5) is 12.6. The van der Waals surface area contributed by atoms with Crippen LogP contribution in [-0.2, 0) is 14.8 Å². The summed E-state index contributed by atoms with van der Waals surface area (Å²) < 4.78 is 32.2. The highest BCUT2D eigenvalue weighted by Crippen LogP contribution is 2.24. The monoisotopic (exact) mass is 412 g/mol. The van der Waals surface area contributed by atoms with E-state index in [9.17, 15) is 13.2 Å². The molecular formula is C22H24N2O4S. The summed E-state index contributed by atoms with van der Waals surface area (Å²) in [6.45, 7) is 1.54. The molecule has 0 saturated carbocycles. The molecule has 152 valence electrons. The molecule has 3 aromatic rings. The van der Waals surface area contributed by atoms with E-state index in [4.69, 9.17) is 4.74 Å². The lowest BCUT2D eigenvalue weighted by Crippen LogP contribution is -2.39. The predicted molar refractivity (Wildman–Crippen MR) is 113 cm³/mol. The van der Waals surface area contributed by atoms with Crippen molar-refractivity contribution in [3.05, 3.63) is 72.3 Å². The van der Waals surface area contributed by atoms with Gasteiger partial charge < -0.3 is 10.1 Å². The zero-order valence-corrected chi connectivity index (χ0v) is 17.4. The molecule has 0 radical (unpaired) electrons. The molecule has 3 rings (SSSR count). The molecule has 0 fully saturated rings. The first-order valence-electron chi connectivity index (χ1n) is 9.20. The summed E-state index contributed by atoms with van der Waals surface area (Å²) in [7, 11) is -0.824. The van der Waals surface area contributed by atoms with E-state index in [1.54, 1.807) is 25.3 Å². The van der Waals surface area contributed by atoms with Crippen LogP contribution in [0.25, 0.3) is 10.8 Å². The van der Waals surface area contributed by atoms with E-state index in [2.05, 4.69) is 5.32 Å². The highest BCUT2D eigenvalue weighted by atomic mass is 32.2. The number of benzene rings is 3. The number of hydrogen-bond acceptors (Lipinski definition) is 4. The summed E-state index contributed by atoms with van der Waals surface area (Å²) in [5.41, 5.74) is 0.823. The Bertz CT molecular complexity index is 1130. The smallest absolute Gasteiger partial charge is 0.243 e. The summed E-state index contributed by atoms with van der Waals surface area (Å²) in [6, 6.07) is 19.5. The van der Waals surface area contributed by atoms with E-state index in [1.807, 2.05) is 55.5 Å². The summed E-state index contributed by atoms with van der Waals surface area (Å²) in [5.74, 6) is 0.271. The van der Waals surface area contributed by atoms with Crippen molar-refractivity contribution in [3.63, 3.8) is 0 Å². The summed E-state index contributed by atoms with van der Waals surface area (Å²) in [5, 5.41) is 4.62. The maximum atomic E-state index is 12.9. The number of methoxy groups -OCH3 is 1. The van der Waals surface area contributed by atoms with Gasteiger partial charge >= 0.3 is 0 Å². The van der Waals surface area contributed by atoms with Gasteiger partial charge in [0, 0.05) is 12.6 Å². The predicted octanol–water partition coefficient (Wildman–Crippen LogP) is 3.35. The van der Waals surface area contributed by atoms with Crippen LogP contribution in [0, 0.1) is 0 Å².